The molecule has 1 amide bonds. The van der Waals surface area contributed by atoms with Crippen molar-refractivity contribution in [2.45, 2.75) is 33.5 Å². The Morgan fingerprint density at radius 3 is 2.57 bits per heavy atom. The first-order valence-corrected chi connectivity index (χ1v) is 8.77. The monoisotopic (exact) mass is 332 g/mol. The molecule has 0 saturated carbocycles. The predicted molar refractivity (Wildman–Crippen MR) is 94.2 cm³/mol. The van der Waals surface area contributed by atoms with Crippen molar-refractivity contribution < 1.29 is 4.79 Å². The lowest BCUT2D eigenvalue weighted by Gasteiger charge is -2.20. The molecule has 2 rings (SSSR count). The molecule has 0 saturated heterocycles. The second-order valence-electron chi connectivity index (χ2n) is 5.24. The Balaban J connectivity index is 2.01. The Morgan fingerprint density at radius 2 is 1.96 bits per heavy atom. The van der Waals surface area contributed by atoms with Crippen molar-refractivity contribution in [2.75, 3.05) is 13.1 Å². The number of thiazole rings is 1. The fraction of sp³-hybridized carbons (Fsp3) is 0.412. The van der Waals surface area contributed by atoms with E-state index in [1.807, 2.05) is 12.1 Å². The highest BCUT2D eigenvalue weighted by molar-refractivity contribution is 7.09. The lowest BCUT2D eigenvalue weighted by molar-refractivity contribution is 0.0946. The summed E-state index contributed by atoms with van der Waals surface area (Å²) in [5, 5.41) is 5.47. The zero-order valence-corrected chi connectivity index (χ0v) is 14.5. The lowest BCUT2D eigenvalue weighted by atomic mass is 10.1. The first-order chi connectivity index (χ1) is 11.2. The van der Waals surface area contributed by atoms with Gasteiger partial charge in [-0.1, -0.05) is 38.1 Å². The topological polar surface area (TPSA) is 71.2 Å². The molecule has 124 valence electrons. The Labute approximate surface area is 141 Å². The van der Waals surface area contributed by atoms with E-state index in [9.17, 15) is 4.79 Å². The van der Waals surface area contributed by atoms with E-state index in [2.05, 4.69) is 41.2 Å². The zero-order valence-electron chi connectivity index (χ0n) is 13.7. The molecule has 0 atom stereocenters. The molecule has 0 fully saturated rings. The summed E-state index contributed by atoms with van der Waals surface area (Å²) in [6.07, 6.45) is 0. The maximum absolute atomic E-state index is 12.2. The van der Waals surface area contributed by atoms with E-state index in [4.69, 9.17) is 5.73 Å². The van der Waals surface area contributed by atoms with Crippen LogP contribution in [0.3, 0.4) is 0 Å². The van der Waals surface area contributed by atoms with E-state index < -0.39 is 0 Å². The number of hydrogen-bond donors (Lipinski definition) is 2. The summed E-state index contributed by atoms with van der Waals surface area (Å²) in [6.45, 7) is 8.11. The molecule has 3 N–H and O–H groups in total. The van der Waals surface area contributed by atoms with Gasteiger partial charge in [-0.2, -0.15) is 0 Å². The van der Waals surface area contributed by atoms with Crippen molar-refractivity contribution in [3.05, 3.63) is 51.5 Å². The highest BCUT2D eigenvalue weighted by Crippen LogP contribution is 2.13. The maximum atomic E-state index is 12.2. The summed E-state index contributed by atoms with van der Waals surface area (Å²) in [4.78, 5) is 18.7. The van der Waals surface area contributed by atoms with Gasteiger partial charge in [-0.25, -0.2) is 4.98 Å². The van der Waals surface area contributed by atoms with Gasteiger partial charge < -0.3 is 11.1 Å². The Kier molecular flexibility index (Phi) is 6.70. The number of nitrogens with zero attached hydrogens (tertiary/aromatic N) is 2. The van der Waals surface area contributed by atoms with Crippen LogP contribution in [0, 0.1) is 0 Å². The van der Waals surface area contributed by atoms with Crippen molar-refractivity contribution >= 4 is 17.2 Å². The van der Waals surface area contributed by atoms with Gasteiger partial charge in [0.05, 0.1) is 0 Å². The molecular formula is C17H24N4OS. The molecule has 0 bridgehead atoms. The molecule has 23 heavy (non-hydrogen) atoms. The number of nitrogens with two attached hydrogens (primary N) is 1. The van der Waals surface area contributed by atoms with E-state index in [1.54, 1.807) is 5.38 Å². The zero-order chi connectivity index (χ0) is 16.7. The van der Waals surface area contributed by atoms with Crippen LogP contribution in [0.25, 0.3) is 0 Å². The summed E-state index contributed by atoms with van der Waals surface area (Å²) in [7, 11) is 0. The van der Waals surface area contributed by atoms with Gasteiger partial charge in [-0.3, -0.25) is 9.69 Å². The second kappa shape index (κ2) is 8.76. The molecule has 5 nitrogen and oxygen atoms in total. The van der Waals surface area contributed by atoms with E-state index in [-0.39, 0.29) is 5.91 Å². The van der Waals surface area contributed by atoms with Gasteiger partial charge >= 0.3 is 0 Å². The van der Waals surface area contributed by atoms with Crippen molar-refractivity contribution in [3.63, 3.8) is 0 Å². The van der Waals surface area contributed by atoms with Crippen LogP contribution < -0.4 is 11.1 Å². The summed E-state index contributed by atoms with van der Waals surface area (Å²) >= 11 is 1.41. The molecule has 0 aliphatic rings. The van der Waals surface area contributed by atoms with Gasteiger partial charge in [-0.15, -0.1) is 11.3 Å². The van der Waals surface area contributed by atoms with E-state index in [1.165, 1.54) is 16.9 Å². The molecule has 0 radical (unpaired) electrons. The second-order valence-corrected chi connectivity index (χ2v) is 6.19. The molecule has 2 aromatic rings. The molecule has 1 heterocycles. The largest absolute Gasteiger partial charge is 0.347 e. The maximum Gasteiger partial charge on any atom is 0.271 e. The van der Waals surface area contributed by atoms with Crippen molar-refractivity contribution in [3.8, 4) is 0 Å². The predicted octanol–water partition coefficient (Wildman–Crippen LogP) is 2.37. The minimum atomic E-state index is -0.154. The highest BCUT2D eigenvalue weighted by atomic mass is 32.1. The molecule has 0 aliphatic heterocycles. The van der Waals surface area contributed by atoms with Gasteiger partial charge in [0.25, 0.3) is 5.91 Å². The number of rotatable bonds is 8. The summed E-state index contributed by atoms with van der Waals surface area (Å²) in [5.74, 6) is -0.154. The first-order valence-electron chi connectivity index (χ1n) is 7.89. The minimum absolute atomic E-state index is 0.154. The van der Waals surface area contributed by atoms with Gasteiger partial charge in [0.2, 0.25) is 0 Å². The smallest absolute Gasteiger partial charge is 0.271 e. The number of hydrogen-bond acceptors (Lipinski definition) is 5. The van der Waals surface area contributed by atoms with Crippen molar-refractivity contribution in [1.29, 1.82) is 0 Å². The molecule has 1 aromatic carbocycles. The summed E-state index contributed by atoms with van der Waals surface area (Å²) in [5.41, 5.74) is 8.36. The Bertz CT molecular complexity index is 637. The van der Waals surface area contributed by atoms with Crippen LogP contribution in [0.5, 0.6) is 0 Å². The molecular weight excluding hydrogens is 308 g/mol. The molecule has 0 spiro atoms. The highest BCUT2D eigenvalue weighted by Gasteiger charge is 2.11. The van der Waals surface area contributed by atoms with E-state index in [0.29, 0.717) is 18.8 Å². The van der Waals surface area contributed by atoms with Crippen LogP contribution in [0.2, 0.25) is 0 Å². The standard InChI is InChI=1S/C17H24N4OS/c1-3-21(4-2)11-14-8-6-5-7-13(14)10-19-17(22)15-12-23-16(9-18)20-15/h5-8,12H,3-4,9-11,18H2,1-2H3,(H,19,22). The summed E-state index contributed by atoms with van der Waals surface area (Å²) < 4.78 is 0. The number of amides is 1. The van der Waals surface area contributed by atoms with Gasteiger partial charge in [0, 0.05) is 25.0 Å². The molecule has 6 heteroatoms. The van der Waals surface area contributed by atoms with Crippen LogP contribution in [-0.4, -0.2) is 28.9 Å². The first kappa shape index (κ1) is 17.6. The Hall–Kier alpha value is -1.76. The van der Waals surface area contributed by atoms with E-state index >= 15 is 0 Å². The number of benzene rings is 1. The van der Waals surface area contributed by atoms with Crippen LogP contribution in [0.4, 0.5) is 0 Å². The minimum Gasteiger partial charge on any atom is -0.347 e. The fourth-order valence-corrected chi connectivity index (χ4v) is 3.00. The van der Waals surface area contributed by atoms with Crippen LogP contribution in [0.15, 0.2) is 29.6 Å². The SMILES string of the molecule is CCN(CC)Cc1ccccc1CNC(=O)c1csc(CN)n1. The van der Waals surface area contributed by atoms with Crippen molar-refractivity contribution in [1.82, 2.24) is 15.2 Å². The summed E-state index contributed by atoms with van der Waals surface area (Å²) in [6, 6.07) is 8.22. The van der Waals surface area contributed by atoms with Crippen LogP contribution in [0.1, 0.15) is 40.5 Å². The average molecular weight is 332 g/mol. The number of nitrogens with one attached hydrogen (secondary N) is 1. The van der Waals surface area contributed by atoms with E-state index in [0.717, 1.165) is 30.2 Å². The Morgan fingerprint density at radius 1 is 1.26 bits per heavy atom. The normalized spacial score (nSPS) is 11.0. The number of carbonyl (C=O) groups is 1. The average Bonchev–Trinajstić information content (AvgIpc) is 3.07. The van der Waals surface area contributed by atoms with Gasteiger partial charge in [0.1, 0.15) is 10.7 Å². The van der Waals surface area contributed by atoms with Crippen molar-refractivity contribution in [2.24, 2.45) is 5.73 Å². The molecule has 1 aromatic heterocycles. The van der Waals surface area contributed by atoms with Gasteiger partial charge in [0.15, 0.2) is 0 Å². The van der Waals surface area contributed by atoms with Crippen LogP contribution in [-0.2, 0) is 19.6 Å². The fourth-order valence-electron chi connectivity index (χ4n) is 2.35. The lowest BCUT2D eigenvalue weighted by Crippen LogP contribution is -2.26. The quantitative estimate of drug-likeness (QED) is 0.778. The van der Waals surface area contributed by atoms with Gasteiger partial charge in [-0.05, 0) is 24.2 Å². The number of carbonyl (C=O) groups excluding carboxylic acids is 1. The van der Waals surface area contributed by atoms with Crippen LogP contribution >= 0.6 is 11.3 Å². The third-order valence-corrected chi connectivity index (χ3v) is 4.68. The third kappa shape index (κ3) is 4.86. The third-order valence-electron chi connectivity index (χ3n) is 3.81. The molecule has 0 unspecified atom stereocenters. The molecule has 0 aliphatic carbocycles. The number of aromatic nitrogens is 1.